The minimum atomic E-state index is 0.273. The monoisotopic (exact) mass is 241 g/mol. The third-order valence-corrected chi connectivity index (χ3v) is 2.74. The molecule has 2 atom stereocenters. The molecule has 4 nitrogen and oxygen atoms in total. The minimum absolute atomic E-state index is 0.273. The Labute approximate surface area is 83.7 Å². The predicted octanol–water partition coefficient (Wildman–Crippen LogP) is 1.17. The SMILES string of the molecule is Brc1cc2n(n1)C(C1C=N1)COC2. The lowest BCUT2D eigenvalue weighted by atomic mass is 10.2. The average Bonchev–Trinajstić information content (AvgIpc) is 2.86. The number of nitrogens with zero attached hydrogens (tertiary/aromatic N) is 3. The first-order chi connectivity index (χ1) is 6.34. The lowest BCUT2D eigenvalue weighted by molar-refractivity contribution is 0.0527. The summed E-state index contributed by atoms with van der Waals surface area (Å²) in [5.74, 6) is 0. The van der Waals surface area contributed by atoms with Crippen LogP contribution >= 0.6 is 15.9 Å². The van der Waals surface area contributed by atoms with Crippen LogP contribution in [0.4, 0.5) is 0 Å². The van der Waals surface area contributed by atoms with E-state index >= 15 is 0 Å². The highest BCUT2D eigenvalue weighted by Gasteiger charge is 2.32. The van der Waals surface area contributed by atoms with Gasteiger partial charge in [-0.15, -0.1) is 0 Å². The quantitative estimate of drug-likeness (QED) is 0.741. The molecule has 2 aliphatic heterocycles. The van der Waals surface area contributed by atoms with Gasteiger partial charge in [-0.3, -0.25) is 9.67 Å². The number of fused-ring (bicyclic) bond motifs is 1. The van der Waals surface area contributed by atoms with Gasteiger partial charge in [0, 0.05) is 6.21 Å². The van der Waals surface area contributed by atoms with Crippen LogP contribution in [0.25, 0.3) is 0 Å². The van der Waals surface area contributed by atoms with E-state index in [1.807, 2.05) is 17.0 Å². The van der Waals surface area contributed by atoms with Gasteiger partial charge in [0.25, 0.3) is 0 Å². The standard InChI is InChI=1S/C8H8BrN3O/c9-8-1-5-3-13-4-7(6-2-10-6)12(5)11-8/h1-2,6-7H,3-4H2. The zero-order chi connectivity index (χ0) is 8.84. The molecule has 0 aliphatic carbocycles. The summed E-state index contributed by atoms with van der Waals surface area (Å²) in [4.78, 5) is 4.15. The molecular weight excluding hydrogens is 234 g/mol. The molecule has 0 aromatic carbocycles. The van der Waals surface area contributed by atoms with E-state index < -0.39 is 0 Å². The third-order valence-electron chi connectivity index (χ3n) is 2.35. The van der Waals surface area contributed by atoms with Crippen LogP contribution in [-0.4, -0.2) is 28.6 Å². The number of hydrogen-bond donors (Lipinski definition) is 0. The maximum atomic E-state index is 5.46. The second kappa shape index (κ2) is 2.65. The van der Waals surface area contributed by atoms with Crippen molar-refractivity contribution in [1.29, 1.82) is 0 Å². The Bertz CT molecular complexity index is 367. The molecule has 0 amide bonds. The first kappa shape index (κ1) is 7.70. The van der Waals surface area contributed by atoms with E-state index in [1.165, 1.54) is 0 Å². The summed E-state index contributed by atoms with van der Waals surface area (Å²) in [6.07, 6.45) is 1.94. The number of aliphatic imine (C=N–C) groups is 1. The Balaban J connectivity index is 2.00. The van der Waals surface area contributed by atoms with Gasteiger partial charge in [0.05, 0.1) is 18.9 Å². The van der Waals surface area contributed by atoms with E-state index in [2.05, 4.69) is 26.0 Å². The van der Waals surface area contributed by atoms with Crippen molar-refractivity contribution in [2.45, 2.75) is 18.7 Å². The van der Waals surface area contributed by atoms with Crippen LogP contribution in [0.3, 0.4) is 0 Å². The van der Waals surface area contributed by atoms with Crippen molar-refractivity contribution in [2.24, 2.45) is 4.99 Å². The van der Waals surface area contributed by atoms with Crippen molar-refractivity contribution in [2.75, 3.05) is 6.61 Å². The molecule has 0 radical (unpaired) electrons. The highest BCUT2D eigenvalue weighted by molar-refractivity contribution is 9.10. The lowest BCUT2D eigenvalue weighted by Gasteiger charge is -2.23. The van der Waals surface area contributed by atoms with Crippen LogP contribution in [0.15, 0.2) is 15.7 Å². The van der Waals surface area contributed by atoms with Crippen LogP contribution in [0, 0.1) is 0 Å². The number of aromatic nitrogens is 2. The second-order valence-corrected chi connectivity index (χ2v) is 4.09. The molecule has 68 valence electrons. The minimum Gasteiger partial charge on any atom is -0.373 e. The topological polar surface area (TPSA) is 39.4 Å². The summed E-state index contributed by atoms with van der Waals surface area (Å²) in [7, 11) is 0. The van der Waals surface area contributed by atoms with Gasteiger partial charge < -0.3 is 4.74 Å². The largest absolute Gasteiger partial charge is 0.373 e. The normalized spacial score (nSPS) is 30.2. The van der Waals surface area contributed by atoms with Crippen molar-refractivity contribution in [3.8, 4) is 0 Å². The van der Waals surface area contributed by atoms with Crippen molar-refractivity contribution in [1.82, 2.24) is 9.78 Å². The molecule has 0 fully saturated rings. The average molecular weight is 242 g/mol. The Morgan fingerprint density at radius 1 is 1.62 bits per heavy atom. The van der Waals surface area contributed by atoms with E-state index in [-0.39, 0.29) is 6.04 Å². The number of hydrogen-bond acceptors (Lipinski definition) is 3. The Hall–Kier alpha value is -0.680. The lowest BCUT2D eigenvalue weighted by Crippen LogP contribution is -2.28. The first-order valence-corrected chi connectivity index (χ1v) is 4.99. The Kier molecular flexibility index (Phi) is 1.57. The Morgan fingerprint density at radius 3 is 3.23 bits per heavy atom. The second-order valence-electron chi connectivity index (χ2n) is 3.27. The van der Waals surface area contributed by atoms with Gasteiger partial charge in [0.1, 0.15) is 16.7 Å². The molecule has 2 aliphatic rings. The molecule has 0 saturated heterocycles. The molecule has 3 rings (SSSR count). The van der Waals surface area contributed by atoms with Crippen LogP contribution < -0.4 is 0 Å². The van der Waals surface area contributed by atoms with Crippen molar-refractivity contribution in [3.05, 3.63) is 16.4 Å². The van der Waals surface area contributed by atoms with E-state index in [0.717, 1.165) is 10.3 Å². The fraction of sp³-hybridized carbons (Fsp3) is 0.500. The van der Waals surface area contributed by atoms with Gasteiger partial charge in [-0.05, 0) is 22.0 Å². The molecule has 1 aromatic rings. The van der Waals surface area contributed by atoms with Gasteiger partial charge in [0.15, 0.2) is 0 Å². The van der Waals surface area contributed by atoms with Gasteiger partial charge >= 0.3 is 0 Å². The summed E-state index contributed by atoms with van der Waals surface area (Å²) in [6, 6.07) is 2.58. The molecule has 0 N–H and O–H groups in total. The molecule has 2 unspecified atom stereocenters. The van der Waals surface area contributed by atoms with Crippen LogP contribution in [0.1, 0.15) is 11.7 Å². The van der Waals surface area contributed by atoms with Gasteiger partial charge in [-0.2, -0.15) is 5.10 Å². The summed E-state index contributed by atoms with van der Waals surface area (Å²) in [5, 5.41) is 4.37. The molecule has 13 heavy (non-hydrogen) atoms. The van der Waals surface area contributed by atoms with Gasteiger partial charge in [-0.25, -0.2) is 0 Å². The highest BCUT2D eigenvalue weighted by Crippen LogP contribution is 2.28. The van der Waals surface area contributed by atoms with E-state index in [9.17, 15) is 0 Å². The van der Waals surface area contributed by atoms with E-state index in [1.54, 1.807) is 0 Å². The molecule has 3 heterocycles. The molecule has 0 bridgehead atoms. The summed E-state index contributed by atoms with van der Waals surface area (Å²) < 4.78 is 8.35. The zero-order valence-electron chi connectivity index (χ0n) is 6.85. The van der Waals surface area contributed by atoms with Crippen LogP contribution in [-0.2, 0) is 11.3 Å². The summed E-state index contributed by atoms with van der Waals surface area (Å²) in [5.41, 5.74) is 1.12. The number of ether oxygens (including phenoxy) is 1. The summed E-state index contributed by atoms with van der Waals surface area (Å²) >= 11 is 3.36. The molecule has 1 aromatic heterocycles. The fourth-order valence-corrected chi connectivity index (χ4v) is 2.08. The molecular formula is C8H8BrN3O. The van der Waals surface area contributed by atoms with Crippen molar-refractivity contribution in [3.63, 3.8) is 0 Å². The maximum absolute atomic E-state index is 5.46. The highest BCUT2D eigenvalue weighted by atomic mass is 79.9. The van der Waals surface area contributed by atoms with Crippen LogP contribution in [0.5, 0.6) is 0 Å². The number of rotatable bonds is 1. The van der Waals surface area contributed by atoms with Crippen molar-refractivity contribution >= 4 is 22.1 Å². The molecule has 0 spiro atoms. The molecule has 0 saturated carbocycles. The Morgan fingerprint density at radius 2 is 2.46 bits per heavy atom. The zero-order valence-corrected chi connectivity index (χ0v) is 8.44. The smallest absolute Gasteiger partial charge is 0.128 e. The first-order valence-electron chi connectivity index (χ1n) is 4.19. The third kappa shape index (κ3) is 1.23. The van der Waals surface area contributed by atoms with Crippen LogP contribution in [0.2, 0.25) is 0 Å². The maximum Gasteiger partial charge on any atom is 0.128 e. The predicted molar refractivity (Wildman–Crippen MR) is 50.9 cm³/mol. The van der Waals surface area contributed by atoms with E-state index in [4.69, 9.17) is 4.74 Å². The molecule has 5 heteroatoms. The van der Waals surface area contributed by atoms with Gasteiger partial charge in [-0.1, -0.05) is 0 Å². The van der Waals surface area contributed by atoms with E-state index in [0.29, 0.717) is 19.3 Å². The van der Waals surface area contributed by atoms with Crippen molar-refractivity contribution < 1.29 is 4.74 Å². The summed E-state index contributed by atoms with van der Waals surface area (Å²) in [6.45, 7) is 1.37. The number of halogens is 1. The van der Waals surface area contributed by atoms with Gasteiger partial charge in [0.2, 0.25) is 0 Å². The fourth-order valence-electron chi connectivity index (χ4n) is 1.64.